The third-order valence-electron chi connectivity index (χ3n) is 5.83. The minimum atomic E-state index is -3.45. The molecule has 2 fully saturated rings. The van der Waals surface area contributed by atoms with Crippen molar-refractivity contribution in [1.82, 2.24) is 9.21 Å². The number of benzene rings is 2. The molecule has 2 saturated heterocycles. The van der Waals surface area contributed by atoms with E-state index in [1.54, 1.807) is 24.3 Å². The second kappa shape index (κ2) is 8.16. The van der Waals surface area contributed by atoms with Crippen molar-refractivity contribution in [1.29, 1.82) is 0 Å². The highest BCUT2D eigenvalue weighted by Crippen LogP contribution is 2.23. The topological polar surface area (TPSA) is 60.9 Å². The SMILES string of the molecule is Cc1ccccc1N1CCN(C(=O)c2ccc(S(=O)(=O)N3CCCC3)cc2)CC1. The fourth-order valence-electron chi connectivity index (χ4n) is 4.10. The Hall–Kier alpha value is -2.38. The standard InChI is InChI=1S/C22H27N3O3S/c1-18-6-2-3-7-21(18)23-14-16-24(17-15-23)22(26)19-8-10-20(11-9-19)29(27,28)25-12-4-5-13-25/h2-3,6-11H,4-5,12-17H2,1H3. The molecule has 0 unspecified atom stereocenters. The summed E-state index contributed by atoms with van der Waals surface area (Å²) >= 11 is 0. The number of anilines is 1. The van der Waals surface area contributed by atoms with Crippen molar-refractivity contribution in [3.63, 3.8) is 0 Å². The number of rotatable bonds is 4. The fraction of sp³-hybridized carbons (Fsp3) is 0.409. The first kappa shape index (κ1) is 19.9. The monoisotopic (exact) mass is 413 g/mol. The van der Waals surface area contributed by atoms with Gasteiger partial charge in [0.25, 0.3) is 5.91 Å². The summed E-state index contributed by atoms with van der Waals surface area (Å²) in [5.41, 5.74) is 2.99. The summed E-state index contributed by atoms with van der Waals surface area (Å²) in [7, 11) is -3.45. The van der Waals surface area contributed by atoms with E-state index in [-0.39, 0.29) is 10.8 Å². The normalized spacial score (nSPS) is 18.2. The van der Waals surface area contributed by atoms with Gasteiger partial charge in [0.15, 0.2) is 0 Å². The molecule has 0 aromatic heterocycles. The first-order valence-electron chi connectivity index (χ1n) is 10.2. The Kier molecular flexibility index (Phi) is 5.61. The number of piperazine rings is 1. The van der Waals surface area contributed by atoms with Crippen LogP contribution in [0.25, 0.3) is 0 Å². The van der Waals surface area contributed by atoms with E-state index in [4.69, 9.17) is 0 Å². The third kappa shape index (κ3) is 4.02. The molecular weight excluding hydrogens is 386 g/mol. The maximum Gasteiger partial charge on any atom is 0.253 e. The molecule has 0 atom stereocenters. The zero-order chi connectivity index (χ0) is 20.4. The van der Waals surface area contributed by atoms with Gasteiger partial charge in [-0.3, -0.25) is 4.79 Å². The minimum absolute atomic E-state index is 0.0421. The lowest BCUT2D eigenvalue weighted by Gasteiger charge is -2.36. The van der Waals surface area contributed by atoms with E-state index in [0.29, 0.717) is 31.7 Å². The first-order chi connectivity index (χ1) is 14.0. The molecule has 0 N–H and O–H groups in total. The van der Waals surface area contributed by atoms with E-state index in [9.17, 15) is 13.2 Å². The quantitative estimate of drug-likeness (QED) is 0.773. The Balaban J connectivity index is 1.41. The highest BCUT2D eigenvalue weighted by Gasteiger charge is 2.28. The van der Waals surface area contributed by atoms with E-state index in [2.05, 4.69) is 24.0 Å². The van der Waals surface area contributed by atoms with Gasteiger partial charge in [0.1, 0.15) is 0 Å². The van der Waals surface area contributed by atoms with Gasteiger partial charge < -0.3 is 9.80 Å². The van der Waals surface area contributed by atoms with Crippen LogP contribution < -0.4 is 4.90 Å². The Labute approximate surface area is 172 Å². The number of aryl methyl sites for hydroxylation is 1. The minimum Gasteiger partial charge on any atom is -0.368 e. The van der Waals surface area contributed by atoms with E-state index < -0.39 is 10.0 Å². The second-order valence-corrected chi connectivity index (χ2v) is 9.64. The summed E-state index contributed by atoms with van der Waals surface area (Å²) in [6.07, 6.45) is 1.81. The number of amides is 1. The highest BCUT2D eigenvalue weighted by atomic mass is 32.2. The van der Waals surface area contributed by atoms with Crippen molar-refractivity contribution in [3.05, 3.63) is 59.7 Å². The van der Waals surface area contributed by atoms with Crippen molar-refractivity contribution >= 4 is 21.6 Å². The molecule has 0 aliphatic carbocycles. The highest BCUT2D eigenvalue weighted by molar-refractivity contribution is 7.89. The molecule has 0 spiro atoms. The summed E-state index contributed by atoms with van der Waals surface area (Å²) in [4.78, 5) is 17.3. The van der Waals surface area contributed by atoms with Crippen LogP contribution in [0.15, 0.2) is 53.4 Å². The first-order valence-corrected chi connectivity index (χ1v) is 11.6. The number of hydrogen-bond acceptors (Lipinski definition) is 4. The Bertz CT molecular complexity index is 975. The Morgan fingerprint density at radius 1 is 0.828 bits per heavy atom. The van der Waals surface area contributed by atoms with Gasteiger partial charge in [-0.1, -0.05) is 18.2 Å². The van der Waals surface area contributed by atoms with Crippen LogP contribution in [-0.2, 0) is 10.0 Å². The summed E-state index contributed by atoms with van der Waals surface area (Å²) in [5.74, 6) is -0.0421. The summed E-state index contributed by atoms with van der Waals surface area (Å²) in [5, 5.41) is 0. The third-order valence-corrected chi connectivity index (χ3v) is 7.74. The summed E-state index contributed by atoms with van der Waals surface area (Å²) in [6.45, 7) is 6.14. The molecule has 4 rings (SSSR count). The number of para-hydroxylation sites is 1. The van der Waals surface area contributed by atoms with Gasteiger partial charge in [0.05, 0.1) is 4.90 Å². The predicted molar refractivity (Wildman–Crippen MR) is 114 cm³/mol. The van der Waals surface area contributed by atoms with Crippen LogP contribution in [0.1, 0.15) is 28.8 Å². The summed E-state index contributed by atoms with van der Waals surface area (Å²) in [6, 6.07) is 14.7. The van der Waals surface area contributed by atoms with Crippen LogP contribution in [0.3, 0.4) is 0 Å². The summed E-state index contributed by atoms with van der Waals surface area (Å²) < 4.78 is 26.8. The fourth-order valence-corrected chi connectivity index (χ4v) is 5.62. The average molecular weight is 414 g/mol. The molecule has 154 valence electrons. The molecular formula is C22H27N3O3S. The second-order valence-electron chi connectivity index (χ2n) is 7.70. The van der Waals surface area contributed by atoms with Crippen LogP contribution in [0.2, 0.25) is 0 Å². The lowest BCUT2D eigenvalue weighted by molar-refractivity contribution is 0.0746. The molecule has 0 bridgehead atoms. The maximum atomic E-state index is 12.9. The van der Waals surface area contributed by atoms with Crippen molar-refractivity contribution in [3.8, 4) is 0 Å². The van der Waals surface area contributed by atoms with Crippen LogP contribution in [0.5, 0.6) is 0 Å². The van der Waals surface area contributed by atoms with Crippen molar-refractivity contribution in [2.24, 2.45) is 0 Å². The van der Waals surface area contributed by atoms with E-state index in [1.807, 2.05) is 17.0 Å². The number of hydrogen-bond donors (Lipinski definition) is 0. The molecule has 29 heavy (non-hydrogen) atoms. The molecule has 0 saturated carbocycles. The van der Waals surface area contributed by atoms with Gasteiger partial charge in [-0.05, 0) is 55.7 Å². The Morgan fingerprint density at radius 3 is 2.07 bits per heavy atom. The number of nitrogens with zero attached hydrogens (tertiary/aromatic N) is 3. The number of carbonyl (C=O) groups is 1. The zero-order valence-corrected chi connectivity index (χ0v) is 17.6. The van der Waals surface area contributed by atoms with Crippen molar-refractivity contribution in [2.75, 3.05) is 44.2 Å². The van der Waals surface area contributed by atoms with Gasteiger partial charge in [0.2, 0.25) is 10.0 Å². The van der Waals surface area contributed by atoms with Gasteiger partial charge in [0, 0.05) is 50.5 Å². The lowest BCUT2D eigenvalue weighted by Crippen LogP contribution is -2.49. The Morgan fingerprint density at radius 2 is 1.45 bits per heavy atom. The van der Waals surface area contributed by atoms with Gasteiger partial charge >= 0.3 is 0 Å². The van der Waals surface area contributed by atoms with Gasteiger partial charge in [-0.2, -0.15) is 4.31 Å². The van der Waals surface area contributed by atoms with Crippen LogP contribution >= 0.6 is 0 Å². The van der Waals surface area contributed by atoms with E-state index >= 15 is 0 Å². The number of sulfonamides is 1. The largest absolute Gasteiger partial charge is 0.368 e. The molecule has 2 aliphatic rings. The van der Waals surface area contributed by atoms with Gasteiger partial charge in [-0.25, -0.2) is 8.42 Å². The smallest absolute Gasteiger partial charge is 0.253 e. The molecule has 2 aliphatic heterocycles. The van der Waals surface area contributed by atoms with Crippen LogP contribution in [-0.4, -0.2) is 62.8 Å². The van der Waals surface area contributed by atoms with E-state index in [0.717, 1.165) is 25.9 Å². The molecule has 6 nitrogen and oxygen atoms in total. The van der Waals surface area contributed by atoms with Gasteiger partial charge in [-0.15, -0.1) is 0 Å². The van der Waals surface area contributed by atoms with E-state index in [1.165, 1.54) is 15.6 Å². The van der Waals surface area contributed by atoms with Crippen molar-refractivity contribution < 1.29 is 13.2 Å². The average Bonchev–Trinajstić information content (AvgIpc) is 3.30. The lowest BCUT2D eigenvalue weighted by atomic mass is 10.1. The predicted octanol–water partition coefficient (Wildman–Crippen LogP) is 2.74. The molecule has 2 aromatic rings. The zero-order valence-electron chi connectivity index (χ0n) is 16.8. The van der Waals surface area contributed by atoms with Crippen molar-refractivity contribution in [2.45, 2.75) is 24.7 Å². The maximum absolute atomic E-state index is 12.9. The molecule has 2 aromatic carbocycles. The molecule has 7 heteroatoms. The number of carbonyl (C=O) groups excluding carboxylic acids is 1. The van der Waals surface area contributed by atoms with Crippen LogP contribution in [0.4, 0.5) is 5.69 Å². The van der Waals surface area contributed by atoms with Crippen LogP contribution in [0, 0.1) is 6.92 Å². The molecule has 2 heterocycles. The molecule has 0 radical (unpaired) electrons. The molecule has 1 amide bonds.